The number of amides is 2. The Hall–Kier alpha value is -2.24. The second-order valence-electron chi connectivity index (χ2n) is 4.80. The molecule has 0 saturated carbocycles. The zero-order chi connectivity index (χ0) is 16.2. The smallest absolute Gasteiger partial charge is 0.290 e. The van der Waals surface area contributed by atoms with Crippen LogP contribution in [0.1, 0.15) is 11.1 Å². The minimum absolute atomic E-state index is 0.346. The Bertz CT molecular complexity index is 787. The van der Waals surface area contributed by atoms with Gasteiger partial charge in [-0.25, -0.2) is 0 Å². The molecule has 1 heterocycles. The van der Waals surface area contributed by atoms with E-state index >= 15 is 0 Å². The summed E-state index contributed by atoms with van der Waals surface area (Å²) >= 11 is 6.98. The van der Waals surface area contributed by atoms with Crippen molar-refractivity contribution in [3.8, 4) is 5.75 Å². The Balaban J connectivity index is 1.66. The number of nitrogens with one attached hydrogen (secondary N) is 1. The molecule has 6 heteroatoms. The summed E-state index contributed by atoms with van der Waals surface area (Å²) in [6.07, 6.45) is 1.67. The quantitative estimate of drug-likeness (QED) is 0.842. The number of halogens is 1. The van der Waals surface area contributed by atoms with Crippen LogP contribution in [0.2, 0.25) is 5.02 Å². The predicted molar refractivity (Wildman–Crippen MR) is 91.3 cm³/mol. The summed E-state index contributed by atoms with van der Waals surface area (Å²) in [5.41, 5.74) is 1.74. The van der Waals surface area contributed by atoms with Crippen LogP contribution >= 0.6 is 23.4 Å². The van der Waals surface area contributed by atoms with Gasteiger partial charge in [0.25, 0.3) is 11.1 Å². The SMILES string of the molecule is O=C1NC(=O)C(=Cc2ccc(OCc3ccccc3Cl)cc2)S1. The summed E-state index contributed by atoms with van der Waals surface area (Å²) < 4.78 is 5.69. The first-order valence-corrected chi connectivity index (χ1v) is 8.02. The Morgan fingerprint density at radius 2 is 1.83 bits per heavy atom. The first-order valence-electron chi connectivity index (χ1n) is 6.83. The molecule has 23 heavy (non-hydrogen) atoms. The molecule has 0 atom stereocenters. The number of hydrogen-bond donors (Lipinski definition) is 1. The predicted octanol–water partition coefficient (Wildman–Crippen LogP) is 4.24. The van der Waals surface area contributed by atoms with E-state index < -0.39 is 0 Å². The zero-order valence-corrected chi connectivity index (χ0v) is 13.5. The number of carbonyl (C=O) groups is 2. The Labute approximate surface area is 142 Å². The van der Waals surface area contributed by atoms with Crippen LogP contribution in [0.4, 0.5) is 4.79 Å². The monoisotopic (exact) mass is 345 g/mol. The van der Waals surface area contributed by atoms with Crippen molar-refractivity contribution in [1.82, 2.24) is 5.32 Å². The maximum atomic E-state index is 11.5. The molecule has 1 N–H and O–H groups in total. The zero-order valence-electron chi connectivity index (χ0n) is 11.9. The van der Waals surface area contributed by atoms with Crippen molar-refractivity contribution in [2.24, 2.45) is 0 Å². The molecule has 1 aliphatic rings. The van der Waals surface area contributed by atoms with Gasteiger partial charge in [0.1, 0.15) is 12.4 Å². The normalized spacial score (nSPS) is 15.8. The molecule has 0 aromatic heterocycles. The summed E-state index contributed by atoms with van der Waals surface area (Å²) in [4.78, 5) is 23.0. The lowest BCUT2D eigenvalue weighted by Crippen LogP contribution is -2.17. The highest BCUT2D eigenvalue weighted by molar-refractivity contribution is 8.18. The minimum Gasteiger partial charge on any atom is -0.489 e. The van der Waals surface area contributed by atoms with Crippen molar-refractivity contribution in [3.05, 3.63) is 69.6 Å². The molecule has 0 radical (unpaired) electrons. The van der Waals surface area contributed by atoms with Crippen LogP contribution in [-0.4, -0.2) is 11.1 Å². The first-order chi connectivity index (χ1) is 11.1. The van der Waals surface area contributed by atoms with E-state index in [1.165, 1.54) is 0 Å². The molecule has 0 aliphatic carbocycles. The summed E-state index contributed by atoms with van der Waals surface area (Å²) in [6.45, 7) is 0.382. The van der Waals surface area contributed by atoms with Crippen molar-refractivity contribution in [2.75, 3.05) is 0 Å². The van der Waals surface area contributed by atoms with Gasteiger partial charge in [-0.1, -0.05) is 41.9 Å². The molecule has 1 aliphatic heterocycles. The Morgan fingerprint density at radius 1 is 1.09 bits per heavy atom. The lowest BCUT2D eigenvalue weighted by Gasteiger charge is -2.08. The molecule has 116 valence electrons. The van der Waals surface area contributed by atoms with E-state index in [-0.39, 0.29) is 11.1 Å². The molecule has 3 rings (SSSR count). The summed E-state index contributed by atoms with van der Waals surface area (Å²) in [6, 6.07) is 14.8. The molecular weight excluding hydrogens is 334 g/mol. The van der Waals surface area contributed by atoms with E-state index in [0.29, 0.717) is 22.3 Å². The van der Waals surface area contributed by atoms with Gasteiger partial charge >= 0.3 is 0 Å². The lowest BCUT2D eigenvalue weighted by molar-refractivity contribution is -0.115. The van der Waals surface area contributed by atoms with Gasteiger partial charge in [0.15, 0.2) is 0 Å². The number of hydrogen-bond acceptors (Lipinski definition) is 4. The maximum absolute atomic E-state index is 11.5. The van der Waals surface area contributed by atoms with E-state index in [2.05, 4.69) is 5.32 Å². The average Bonchev–Trinajstić information content (AvgIpc) is 2.85. The van der Waals surface area contributed by atoms with Gasteiger partial charge in [-0.2, -0.15) is 0 Å². The number of imide groups is 1. The van der Waals surface area contributed by atoms with Crippen LogP contribution in [0, 0.1) is 0 Å². The van der Waals surface area contributed by atoms with Crippen LogP contribution in [-0.2, 0) is 11.4 Å². The van der Waals surface area contributed by atoms with Crippen molar-refractivity contribution < 1.29 is 14.3 Å². The number of carbonyl (C=O) groups excluding carboxylic acids is 2. The third-order valence-electron chi connectivity index (χ3n) is 3.17. The molecule has 2 aromatic carbocycles. The number of thioether (sulfide) groups is 1. The molecule has 2 aromatic rings. The van der Waals surface area contributed by atoms with Crippen LogP contribution in [0.25, 0.3) is 6.08 Å². The van der Waals surface area contributed by atoms with Crippen molar-refractivity contribution in [2.45, 2.75) is 6.61 Å². The second-order valence-corrected chi connectivity index (χ2v) is 6.22. The van der Waals surface area contributed by atoms with Gasteiger partial charge in [-0.05, 0) is 41.6 Å². The van der Waals surface area contributed by atoms with Crippen LogP contribution in [0.15, 0.2) is 53.4 Å². The highest BCUT2D eigenvalue weighted by Gasteiger charge is 2.24. The number of rotatable bonds is 4. The Morgan fingerprint density at radius 3 is 2.48 bits per heavy atom. The van der Waals surface area contributed by atoms with Gasteiger partial charge in [0.2, 0.25) is 0 Å². The van der Waals surface area contributed by atoms with Crippen molar-refractivity contribution >= 4 is 40.6 Å². The van der Waals surface area contributed by atoms with Gasteiger partial charge in [0, 0.05) is 10.6 Å². The number of ether oxygens (including phenoxy) is 1. The highest BCUT2D eigenvalue weighted by atomic mass is 35.5. The highest BCUT2D eigenvalue weighted by Crippen LogP contribution is 2.26. The van der Waals surface area contributed by atoms with Gasteiger partial charge in [-0.3, -0.25) is 14.9 Å². The molecule has 1 saturated heterocycles. The topological polar surface area (TPSA) is 55.4 Å². The lowest BCUT2D eigenvalue weighted by atomic mass is 10.2. The fourth-order valence-electron chi connectivity index (χ4n) is 2.01. The summed E-state index contributed by atoms with van der Waals surface area (Å²) in [5.74, 6) is 0.339. The summed E-state index contributed by atoms with van der Waals surface area (Å²) in [5, 5.41) is 2.54. The van der Waals surface area contributed by atoms with E-state index in [0.717, 1.165) is 22.9 Å². The first kappa shape index (κ1) is 15.6. The molecule has 1 fully saturated rings. The average molecular weight is 346 g/mol. The third kappa shape index (κ3) is 3.94. The summed E-state index contributed by atoms with van der Waals surface area (Å²) in [7, 11) is 0. The number of benzene rings is 2. The van der Waals surface area contributed by atoms with E-state index in [9.17, 15) is 9.59 Å². The van der Waals surface area contributed by atoms with Gasteiger partial charge in [0.05, 0.1) is 4.91 Å². The van der Waals surface area contributed by atoms with Crippen LogP contribution < -0.4 is 10.1 Å². The molecule has 0 spiro atoms. The van der Waals surface area contributed by atoms with Crippen LogP contribution in [0.3, 0.4) is 0 Å². The molecule has 4 nitrogen and oxygen atoms in total. The van der Waals surface area contributed by atoms with E-state index in [4.69, 9.17) is 16.3 Å². The molecule has 2 amide bonds. The standard InChI is InChI=1S/C17H12ClNO3S/c18-14-4-2-1-3-12(14)10-22-13-7-5-11(6-8-13)9-15-16(20)19-17(21)23-15/h1-9H,10H2,(H,19,20,21). The van der Waals surface area contributed by atoms with Gasteiger partial charge < -0.3 is 4.74 Å². The third-order valence-corrected chi connectivity index (χ3v) is 4.35. The fourth-order valence-corrected chi connectivity index (χ4v) is 2.88. The fraction of sp³-hybridized carbons (Fsp3) is 0.0588. The Kier molecular flexibility index (Phi) is 4.69. The van der Waals surface area contributed by atoms with Crippen LogP contribution in [0.5, 0.6) is 5.75 Å². The van der Waals surface area contributed by atoms with E-state index in [1.54, 1.807) is 6.08 Å². The van der Waals surface area contributed by atoms with Gasteiger partial charge in [-0.15, -0.1) is 0 Å². The molecule has 0 bridgehead atoms. The van der Waals surface area contributed by atoms with Crippen molar-refractivity contribution in [1.29, 1.82) is 0 Å². The maximum Gasteiger partial charge on any atom is 0.290 e. The molecule has 0 unspecified atom stereocenters. The van der Waals surface area contributed by atoms with Crippen molar-refractivity contribution in [3.63, 3.8) is 0 Å². The minimum atomic E-state index is -0.362. The second kappa shape index (κ2) is 6.89. The molecular formula is C17H12ClNO3S. The van der Waals surface area contributed by atoms with E-state index in [1.807, 2.05) is 48.5 Å². The largest absolute Gasteiger partial charge is 0.489 e.